The van der Waals surface area contributed by atoms with Crippen LogP contribution in [0.2, 0.25) is 5.02 Å². The Morgan fingerprint density at radius 2 is 1.93 bits per heavy atom. The molecule has 0 saturated heterocycles. The Labute approximate surface area is 166 Å². The van der Waals surface area contributed by atoms with E-state index in [1.807, 2.05) is 48.0 Å². The Kier molecular flexibility index (Phi) is 5.08. The van der Waals surface area contributed by atoms with Gasteiger partial charge in [0.05, 0.1) is 17.6 Å². The van der Waals surface area contributed by atoms with Crippen LogP contribution < -0.4 is 5.32 Å². The third kappa shape index (κ3) is 3.89. The molecule has 0 unspecified atom stereocenters. The maximum atomic E-state index is 12.2. The van der Waals surface area contributed by atoms with Crippen LogP contribution in [0.1, 0.15) is 18.1 Å². The SMILES string of the molecule is Cn1c(CNC(=O)CCc2nc(-c3ccc(Cl)cc3)no2)nc2ccccc21. The molecule has 0 saturated carbocycles. The summed E-state index contributed by atoms with van der Waals surface area (Å²) in [6, 6.07) is 15.0. The first-order valence-electron chi connectivity index (χ1n) is 8.86. The normalized spacial score (nSPS) is 11.1. The molecular formula is C20H18ClN5O2. The molecular weight excluding hydrogens is 378 g/mol. The molecule has 0 fully saturated rings. The lowest BCUT2D eigenvalue weighted by molar-refractivity contribution is -0.121. The van der Waals surface area contributed by atoms with Gasteiger partial charge in [0.15, 0.2) is 0 Å². The van der Waals surface area contributed by atoms with E-state index in [2.05, 4.69) is 20.4 Å². The van der Waals surface area contributed by atoms with Gasteiger partial charge < -0.3 is 14.4 Å². The van der Waals surface area contributed by atoms with Crippen molar-refractivity contribution in [1.82, 2.24) is 25.0 Å². The number of carbonyl (C=O) groups is 1. The van der Waals surface area contributed by atoms with Gasteiger partial charge in [-0.3, -0.25) is 4.79 Å². The fourth-order valence-electron chi connectivity index (χ4n) is 2.91. The number of aryl methyl sites for hydroxylation is 2. The van der Waals surface area contributed by atoms with Gasteiger partial charge in [-0.2, -0.15) is 4.98 Å². The summed E-state index contributed by atoms with van der Waals surface area (Å²) in [6.07, 6.45) is 0.626. The molecule has 7 nitrogen and oxygen atoms in total. The summed E-state index contributed by atoms with van der Waals surface area (Å²) in [5.41, 5.74) is 2.76. The molecule has 0 bridgehead atoms. The van der Waals surface area contributed by atoms with E-state index in [4.69, 9.17) is 16.1 Å². The van der Waals surface area contributed by atoms with Crippen molar-refractivity contribution in [2.45, 2.75) is 19.4 Å². The van der Waals surface area contributed by atoms with Crippen molar-refractivity contribution in [2.24, 2.45) is 7.05 Å². The van der Waals surface area contributed by atoms with Crippen molar-refractivity contribution >= 4 is 28.5 Å². The molecule has 2 heterocycles. The summed E-state index contributed by atoms with van der Waals surface area (Å²) in [5.74, 6) is 1.60. The number of rotatable bonds is 6. The van der Waals surface area contributed by atoms with Gasteiger partial charge in [-0.05, 0) is 36.4 Å². The van der Waals surface area contributed by atoms with Gasteiger partial charge in [-0.25, -0.2) is 4.98 Å². The average molecular weight is 396 g/mol. The number of fused-ring (bicyclic) bond motifs is 1. The van der Waals surface area contributed by atoms with E-state index in [-0.39, 0.29) is 12.3 Å². The van der Waals surface area contributed by atoms with Crippen LogP contribution in [-0.2, 0) is 24.8 Å². The number of benzene rings is 2. The Morgan fingerprint density at radius 3 is 2.71 bits per heavy atom. The molecule has 0 aliphatic carbocycles. The molecule has 1 N–H and O–H groups in total. The number of imidazole rings is 1. The topological polar surface area (TPSA) is 85.8 Å². The van der Waals surface area contributed by atoms with Crippen molar-refractivity contribution in [3.63, 3.8) is 0 Å². The molecule has 0 radical (unpaired) electrons. The van der Waals surface area contributed by atoms with Crippen LogP contribution in [0.4, 0.5) is 0 Å². The largest absolute Gasteiger partial charge is 0.349 e. The summed E-state index contributed by atoms with van der Waals surface area (Å²) < 4.78 is 7.21. The molecule has 4 rings (SSSR count). The van der Waals surface area contributed by atoms with E-state index in [1.165, 1.54) is 0 Å². The lowest BCUT2D eigenvalue weighted by Crippen LogP contribution is -2.24. The van der Waals surface area contributed by atoms with Gasteiger partial charge in [0.25, 0.3) is 0 Å². The summed E-state index contributed by atoms with van der Waals surface area (Å²) in [6.45, 7) is 0.365. The third-order valence-corrected chi connectivity index (χ3v) is 4.71. The van der Waals surface area contributed by atoms with Gasteiger partial charge in [0.2, 0.25) is 17.6 Å². The van der Waals surface area contributed by atoms with Gasteiger partial charge in [0, 0.05) is 30.5 Å². The molecule has 4 aromatic rings. The molecule has 2 aromatic heterocycles. The fourth-order valence-corrected chi connectivity index (χ4v) is 3.04. The minimum absolute atomic E-state index is 0.0988. The van der Waals surface area contributed by atoms with Crippen LogP contribution in [0.5, 0.6) is 0 Å². The average Bonchev–Trinajstić information content (AvgIpc) is 3.30. The van der Waals surface area contributed by atoms with Crippen LogP contribution in [0.3, 0.4) is 0 Å². The summed E-state index contributed by atoms with van der Waals surface area (Å²) in [5, 5.41) is 7.48. The Balaban J connectivity index is 1.32. The van der Waals surface area contributed by atoms with Crippen molar-refractivity contribution in [1.29, 1.82) is 0 Å². The Hall–Kier alpha value is -3.19. The van der Waals surface area contributed by atoms with Gasteiger partial charge in [-0.15, -0.1) is 0 Å². The van der Waals surface area contributed by atoms with E-state index in [9.17, 15) is 4.79 Å². The third-order valence-electron chi connectivity index (χ3n) is 4.46. The second-order valence-corrected chi connectivity index (χ2v) is 6.81. The molecule has 0 aliphatic rings. The number of nitrogens with zero attached hydrogens (tertiary/aromatic N) is 4. The number of hydrogen-bond acceptors (Lipinski definition) is 5. The fraction of sp³-hybridized carbons (Fsp3) is 0.200. The van der Waals surface area contributed by atoms with Gasteiger partial charge in [0.1, 0.15) is 5.82 Å². The molecule has 1 amide bonds. The number of aromatic nitrogens is 4. The molecule has 28 heavy (non-hydrogen) atoms. The highest BCUT2D eigenvalue weighted by atomic mass is 35.5. The van der Waals surface area contributed by atoms with Crippen molar-refractivity contribution in [3.05, 3.63) is 65.3 Å². The smallest absolute Gasteiger partial charge is 0.227 e. The highest BCUT2D eigenvalue weighted by molar-refractivity contribution is 6.30. The van der Waals surface area contributed by atoms with Gasteiger partial charge >= 0.3 is 0 Å². The maximum absolute atomic E-state index is 12.2. The van der Waals surface area contributed by atoms with E-state index in [1.54, 1.807) is 12.1 Å². The minimum Gasteiger partial charge on any atom is -0.349 e. The maximum Gasteiger partial charge on any atom is 0.227 e. The van der Waals surface area contributed by atoms with Crippen LogP contribution in [0, 0.1) is 0 Å². The molecule has 0 atom stereocenters. The van der Waals surface area contributed by atoms with E-state index >= 15 is 0 Å². The van der Waals surface area contributed by atoms with Crippen LogP contribution in [0.25, 0.3) is 22.4 Å². The zero-order valence-corrected chi connectivity index (χ0v) is 16.0. The van der Waals surface area contributed by atoms with Crippen LogP contribution >= 0.6 is 11.6 Å². The van der Waals surface area contributed by atoms with Gasteiger partial charge in [-0.1, -0.05) is 28.9 Å². The Morgan fingerprint density at radius 1 is 1.14 bits per heavy atom. The summed E-state index contributed by atoms with van der Waals surface area (Å²) in [4.78, 5) is 21.0. The predicted molar refractivity (Wildman–Crippen MR) is 106 cm³/mol. The zero-order valence-electron chi connectivity index (χ0n) is 15.2. The number of nitrogens with one attached hydrogen (secondary N) is 1. The second-order valence-electron chi connectivity index (χ2n) is 6.37. The van der Waals surface area contributed by atoms with E-state index in [0.29, 0.717) is 29.7 Å². The van der Waals surface area contributed by atoms with E-state index < -0.39 is 0 Å². The zero-order chi connectivity index (χ0) is 19.5. The monoisotopic (exact) mass is 395 g/mol. The molecule has 8 heteroatoms. The molecule has 0 aliphatic heterocycles. The lowest BCUT2D eigenvalue weighted by atomic mass is 10.2. The lowest BCUT2D eigenvalue weighted by Gasteiger charge is -2.04. The highest BCUT2D eigenvalue weighted by Gasteiger charge is 2.12. The minimum atomic E-state index is -0.0988. The quantitative estimate of drug-likeness (QED) is 0.539. The first kappa shape index (κ1) is 18.2. The van der Waals surface area contributed by atoms with E-state index in [0.717, 1.165) is 22.4 Å². The summed E-state index contributed by atoms with van der Waals surface area (Å²) >= 11 is 5.88. The first-order valence-corrected chi connectivity index (χ1v) is 9.23. The number of para-hydroxylation sites is 2. The van der Waals surface area contributed by atoms with Crippen LogP contribution in [0.15, 0.2) is 53.1 Å². The number of halogens is 1. The number of carbonyl (C=O) groups excluding carboxylic acids is 1. The standard InChI is InChI=1S/C20H18ClN5O2/c1-26-16-5-3-2-4-15(16)23-17(26)12-22-18(27)10-11-19-24-20(25-28-19)13-6-8-14(21)9-7-13/h2-9H,10-12H2,1H3,(H,22,27). The molecule has 142 valence electrons. The van der Waals surface area contributed by atoms with Crippen molar-refractivity contribution < 1.29 is 9.32 Å². The second kappa shape index (κ2) is 7.82. The molecule has 2 aromatic carbocycles. The first-order chi connectivity index (χ1) is 13.6. The highest BCUT2D eigenvalue weighted by Crippen LogP contribution is 2.19. The predicted octanol–water partition coefficient (Wildman–Crippen LogP) is 3.53. The Bertz CT molecular complexity index is 1120. The van der Waals surface area contributed by atoms with Crippen LogP contribution in [-0.4, -0.2) is 25.6 Å². The van der Waals surface area contributed by atoms with Crippen molar-refractivity contribution in [3.8, 4) is 11.4 Å². The number of hydrogen-bond donors (Lipinski definition) is 1. The van der Waals surface area contributed by atoms with Crippen molar-refractivity contribution in [2.75, 3.05) is 0 Å². The summed E-state index contributed by atoms with van der Waals surface area (Å²) in [7, 11) is 1.94. The number of amides is 1. The molecule has 0 spiro atoms.